The van der Waals surface area contributed by atoms with E-state index in [9.17, 15) is 4.79 Å². The van der Waals surface area contributed by atoms with E-state index in [4.69, 9.17) is 4.74 Å². The number of hydrazone groups is 1. The lowest BCUT2D eigenvalue weighted by atomic mass is 10.1. The zero-order valence-electron chi connectivity index (χ0n) is 13.7. The molecule has 124 valence electrons. The van der Waals surface area contributed by atoms with Gasteiger partial charge in [-0.15, -0.1) is 0 Å². The van der Waals surface area contributed by atoms with E-state index in [2.05, 4.69) is 16.6 Å². The van der Waals surface area contributed by atoms with E-state index in [-0.39, 0.29) is 12.5 Å². The number of hydrogen-bond acceptors (Lipinski definition) is 3. The van der Waals surface area contributed by atoms with E-state index in [1.165, 1.54) is 5.56 Å². The fraction of sp³-hybridized carbons (Fsp3) is 0.143. The molecule has 25 heavy (non-hydrogen) atoms. The maximum atomic E-state index is 12.0. The lowest BCUT2D eigenvalue weighted by Crippen LogP contribution is -2.25. The van der Waals surface area contributed by atoms with Crippen molar-refractivity contribution in [1.29, 1.82) is 0 Å². The summed E-state index contributed by atoms with van der Waals surface area (Å²) in [7, 11) is 0. The Morgan fingerprint density at radius 3 is 2.68 bits per heavy atom. The van der Waals surface area contributed by atoms with Gasteiger partial charge in [-0.3, -0.25) is 4.79 Å². The van der Waals surface area contributed by atoms with Crippen molar-refractivity contribution >= 4 is 22.4 Å². The summed E-state index contributed by atoms with van der Waals surface area (Å²) in [6.45, 7) is -0.0588. The molecule has 0 heterocycles. The quantitative estimate of drug-likeness (QED) is 0.742. The summed E-state index contributed by atoms with van der Waals surface area (Å²) in [5.74, 6) is 0.415. The number of nitrogens with one attached hydrogen (secondary N) is 1. The number of rotatable bonds is 4. The summed E-state index contributed by atoms with van der Waals surface area (Å²) in [5.41, 5.74) is 5.93. The Morgan fingerprint density at radius 2 is 1.76 bits per heavy atom. The third-order valence-electron chi connectivity index (χ3n) is 4.37. The SMILES string of the molecule is O=C(COc1ccc2ccccc2c1)N/N=C1\CCc2ccccc21. The molecular formula is C21H18N2O2. The monoisotopic (exact) mass is 330 g/mol. The summed E-state index contributed by atoms with van der Waals surface area (Å²) >= 11 is 0. The van der Waals surface area contributed by atoms with E-state index in [1.807, 2.05) is 60.7 Å². The number of ether oxygens (including phenoxy) is 1. The molecule has 0 bridgehead atoms. The average Bonchev–Trinajstić information content (AvgIpc) is 3.08. The average molecular weight is 330 g/mol. The molecule has 1 amide bonds. The third kappa shape index (κ3) is 3.38. The number of carbonyl (C=O) groups is 1. The van der Waals surface area contributed by atoms with Gasteiger partial charge in [-0.2, -0.15) is 5.10 Å². The molecule has 4 heteroatoms. The molecular weight excluding hydrogens is 312 g/mol. The first-order valence-corrected chi connectivity index (χ1v) is 8.35. The van der Waals surface area contributed by atoms with Gasteiger partial charge in [0.2, 0.25) is 0 Å². The lowest BCUT2D eigenvalue weighted by Gasteiger charge is -2.07. The molecule has 4 nitrogen and oxygen atoms in total. The Labute approximate surface area is 146 Å². The van der Waals surface area contributed by atoms with Crippen molar-refractivity contribution in [3.05, 3.63) is 77.9 Å². The van der Waals surface area contributed by atoms with Crippen LogP contribution in [0.4, 0.5) is 0 Å². The molecule has 0 saturated heterocycles. The van der Waals surface area contributed by atoms with Crippen molar-refractivity contribution in [3.63, 3.8) is 0 Å². The van der Waals surface area contributed by atoms with Crippen molar-refractivity contribution in [2.45, 2.75) is 12.8 Å². The molecule has 4 rings (SSSR count). The van der Waals surface area contributed by atoms with E-state index in [0.717, 1.165) is 34.9 Å². The van der Waals surface area contributed by atoms with Crippen molar-refractivity contribution in [2.75, 3.05) is 6.61 Å². The molecule has 0 unspecified atom stereocenters. The molecule has 0 radical (unpaired) electrons. The second kappa shape index (κ2) is 6.77. The fourth-order valence-electron chi connectivity index (χ4n) is 3.09. The van der Waals surface area contributed by atoms with Crippen molar-refractivity contribution in [2.24, 2.45) is 5.10 Å². The molecule has 1 aliphatic carbocycles. The molecule has 1 aliphatic rings. The molecule has 3 aromatic rings. The fourth-order valence-corrected chi connectivity index (χ4v) is 3.09. The molecule has 0 aromatic heterocycles. The lowest BCUT2D eigenvalue weighted by molar-refractivity contribution is -0.123. The number of hydrogen-bond donors (Lipinski definition) is 1. The van der Waals surface area contributed by atoms with E-state index >= 15 is 0 Å². The van der Waals surface area contributed by atoms with Crippen LogP contribution in [0.3, 0.4) is 0 Å². The first-order valence-electron chi connectivity index (χ1n) is 8.35. The summed E-state index contributed by atoms with van der Waals surface area (Å²) in [6.07, 6.45) is 1.82. The molecule has 3 aromatic carbocycles. The predicted molar refractivity (Wildman–Crippen MR) is 98.9 cm³/mol. The molecule has 1 N–H and O–H groups in total. The zero-order valence-corrected chi connectivity index (χ0v) is 13.7. The largest absolute Gasteiger partial charge is 0.484 e. The normalized spacial score (nSPS) is 14.5. The second-order valence-corrected chi connectivity index (χ2v) is 6.05. The topological polar surface area (TPSA) is 50.7 Å². The highest BCUT2D eigenvalue weighted by atomic mass is 16.5. The van der Waals surface area contributed by atoms with Crippen molar-refractivity contribution in [3.8, 4) is 5.75 Å². The Morgan fingerprint density at radius 1 is 0.960 bits per heavy atom. The van der Waals surface area contributed by atoms with E-state index in [1.54, 1.807) is 0 Å². The number of nitrogens with zero attached hydrogens (tertiary/aromatic N) is 1. The smallest absolute Gasteiger partial charge is 0.277 e. The summed E-state index contributed by atoms with van der Waals surface area (Å²) < 4.78 is 5.58. The van der Waals surface area contributed by atoms with Crippen LogP contribution >= 0.6 is 0 Å². The Kier molecular flexibility index (Phi) is 4.17. The predicted octanol–water partition coefficient (Wildman–Crippen LogP) is 3.69. The van der Waals surface area contributed by atoms with Crippen LogP contribution in [0.2, 0.25) is 0 Å². The Hall–Kier alpha value is -3.14. The van der Waals surface area contributed by atoms with Crippen LogP contribution in [0.5, 0.6) is 5.75 Å². The maximum Gasteiger partial charge on any atom is 0.277 e. The van der Waals surface area contributed by atoms with Gasteiger partial charge >= 0.3 is 0 Å². The van der Waals surface area contributed by atoms with E-state index < -0.39 is 0 Å². The highest BCUT2D eigenvalue weighted by Gasteiger charge is 2.17. The second-order valence-electron chi connectivity index (χ2n) is 6.05. The highest BCUT2D eigenvalue weighted by molar-refractivity contribution is 6.04. The van der Waals surface area contributed by atoms with Crippen LogP contribution in [0, 0.1) is 0 Å². The minimum absolute atomic E-state index is 0.0588. The van der Waals surface area contributed by atoms with Gasteiger partial charge < -0.3 is 4.74 Å². The maximum absolute atomic E-state index is 12.0. The summed E-state index contributed by atoms with van der Waals surface area (Å²) in [4.78, 5) is 12.0. The van der Waals surface area contributed by atoms with Crippen LogP contribution in [0.25, 0.3) is 10.8 Å². The van der Waals surface area contributed by atoms with Crippen LogP contribution in [-0.4, -0.2) is 18.2 Å². The van der Waals surface area contributed by atoms with Crippen LogP contribution in [0.15, 0.2) is 71.8 Å². The molecule has 0 saturated carbocycles. The first kappa shape index (κ1) is 15.4. The van der Waals surface area contributed by atoms with E-state index in [0.29, 0.717) is 5.75 Å². The Bertz CT molecular complexity index is 963. The minimum Gasteiger partial charge on any atom is -0.484 e. The van der Waals surface area contributed by atoms with Crippen LogP contribution in [-0.2, 0) is 11.2 Å². The minimum atomic E-state index is -0.259. The van der Waals surface area contributed by atoms with Gasteiger partial charge in [0.15, 0.2) is 6.61 Å². The van der Waals surface area contributed by atoms with Gasteiger partial charge in [0.1, 0.15) is 5.75 Å². The summed E-state index contributed by atoms with van der Waals surface area (Å²) in [5, 5.41) is 6.49. The van der Waals surface area contributed by atoms with Crippen LogP contribution < -0.4 is 10.2 Å². The van der Waals surface area contributed by atoms with Gasteiger partial charge in [0.05, 0.1) is 5.71 Å². The molecule has 0 aliphatic heterocycles. The number of benzene rings is 3. The van der Waals surface area contributed by atoms with Crippen molar-refractivity contribution < 1.29 is 9.53 Å². The van der Waals surface area contributed by atoms with Crippen LogP contribution in [0.1, 0.15) is 17.5 Å². The molecule has 0 fully saturated rings. The number of aryl methyl sites for hydroxylation is 1. The van der Waals surface area contributed by atoms with Gasteiger partial charge in [0.25, 0.3) is 5.91 Å². The zero-order chi connectivity index (χ0) is 17.1. The van der Waals surface area contributed by atoms with Gasteiger partial charge in [-0.25, -0.2) is 5.43 Å². The van der Waals surface area contributed by atoms with Gasteiger partial charge in [-0.05, 0) is 41.3 Å². The molecule has 0 atom stereocenters. The number of amides is 1. The Balaban J connectivity index is 1.37. The molecule has 0 spiro atoms. The third-order valence-corrected chi connectivity index (χ3v) is 4.37. The highest BCUT2D eigenvalue weighted by Crippen LogP contribution is 2.22. The van der Waals surface area contributed by atoms with Crippen molar-refractivity contribution in [1.82, 2.24) is 5.43 Å². The summed E-state index contributed by atoms with van der Waals surface area (Å²) in [6, 6.07) is 22.0. The number of fused-ring (bicyclic) bond motifs is 2. The number of carbonyl (C=O) groups excluding carboxylic acids is 1. The van der Waals surface area contributed by atoms with Gasteiger partial charge in [-0.1, -0.05) is 54.6 Å². The first-order chi connectivity index (χ1) is 12.3. The van der Waals surface area contributed by atoms with Gasteiger partial charge in [0, 0.05) is 5.56 Å². The standard InChI is InChI=1S/C21H18N2O2/c24-21(23-22-20-12-10-16-6-3-4-8-19(16)20)14-25-18-11-9-15-5-1-2-7-17(15)13-18/h1-9,11,13H,10,12,14H2,(H,23,24)/b22-20+.